The van der Waals surface area contributed by atoms with Crippen molar-refractivity contribution >= 4 is 35.4 Å². The van der Waals surface area contributed by atoms with Gasteiger partial charge in [0.1, 0.15) is 11.8 Å². The van der Waals surface area contributed by atoms with Crippen LogP contribution < -0.4 is 4.90 Å². The molecule has 1 aliphatic carbocycles. The predicted octanol–water partition coefficient (Wildman–Crippen LogP) is 5.87. The predicted molar refractivity (Wildman–Crippen MR) is 132 cm³/mol. The molecule has 1 heterocycles. The van der Waals surface area contributed by atoms with E-state index in [0.29, 0.717) is 23.0 Å². The molecule has 1 unspecified atom stereocenters. The number of carbonyl (C=O) groups is 1. The summed E-state index contributed by atoms with van der Waals surface area (Å²) in [5.41, 5.74) is 2.29. The molecule has 1 aromatic carbocycles. The fourth-order valence-electron chi connectivity index (χ4n) is 3.54. The average Bonchev–Trinajstić information content (AvgIpc) is 3.11. The van der Waals surface area contributed by atoms with Gasteiger partial charge in [-0.05, 0) is 49.8 Å². The van der Waals surface area contributed by atoms with E-state index in [1.165, 1.54) is 0 Å². The van der Waals surface area contributed by atoms with E-state index in [0.717, 1.165) is 23.2 Å². The van der Waals surface area contributed by atoms with Gasteiger partial charge in [-0.15, -0.1) is 11.6 Å². The summed E-state index contributed by atoms with van der Waals surface area (Å²) < 4.78 is 1.92. The van der Waals surface area contributed by atoms with Gasteiger partial charge < -0.3 is 14.3 Å². The van der Waals surface area contributed by atoms with Crippen LogP contribution in [0.1, 0.15) is 37.6 Å². The Balaban J connectivity index is 0.00000176. The Morgan fingerprint density at radius 3 is 2.56 bits per heavy atom. The van der Waals surface area contributed by atoms with E-state index >= 15 is 0 Å². The van der Waals surface area contributed by atoms with Crippen molar-refractivity contribution in [2.45, 2.75) is 45.0 Å². The van der Waals surface area contributed by atoms with Crippen molar-refractivity contribution in [1.29, 1.82) is 5.26 Å². The Morgan fingerprint density at radius 2 is 1.97 bits per heavy atom. The number of nitrogens with zero attached hydrogens (tertiary/aromatic N) is 4. The highest BCUT2D eigenvalue weighted by Gasteiger charge is 2.32. The van der Waals surface area contributed by atoms with Gasteiger partial charge in [0, 0.05) is 29.9 Å². The van der Waals surface area contributed by atoms with E-state index in [9.17, 15) is 4.79 Å². The van der Waals surface area contributed by atoms with Crippen molar-refractivity contribution in [3.63, 3.8) is 0 Å². The van der Waals surface area contributed by atoms with Gasteiger partial charge >= 0.3 is 0 Å². The van der Waals surface area contributed by atoms with E-state index in [-0.39, 0.29) is 5.38 Å². The van der Waals surface area contributed by atoms with E-state index in [1.54, 1.807) is 30.5 Å². The molecule has 2 aromatic rings. The van der Waals surface area contributed by atoms with Gasteiger partial charge in [0.25, 0.3) is 0 Å². The van der Waals surface area contributed by atoms with Crippen molar-refractivity contribution in [1.82, 2.24) is 9.55 Å². The van der Waals surface area contributed by atoms with Crippen molar-refractivity contribution in [2.24, 2.45) is 0 Å². The van der Waals surface area contributed by atoms with Gasteiger partial charge in [0.05, 0.1) is 23.2 Å². The minimum atomic E-state index is -0.879. The van der Waals surface area contributed by atoms with Crippen LogP contribution in [0.5, 0.6) is 0 Å². The molecular weight excluding hydrogens is 443 g/mol. The minimum Gasteiger partial charge on any atom is -0.315 e. The van der Waals surface area contributed by atoms with E-state index in [2.05, 4.69) is 11.1 Å². The zero-order chi connectivity index (χ0) is 23.9. The maximum atomic E-state index is 12.3. The number of hydrogen-bond acceptors (Lipinski definition) is 4. The highest BCUT2D eigenvalue weighted by molar-refractivity contribution is 6.31. The summed E-state index contributed by atoms with van der Waals surface area (Å²) >= 11 is 12.6. The topological polar surface area (TPSA) is 61.9 Å². The number of aromatic nitrogens is 2. The standard InChI is InChI=1S/C23H22Cl2N4O.C2H6/c1-16-14-27-22(28(3)21-10-19(24)8-9-20(25)11-21)29(16)23(2,15-30)12-17-4-6-18(13-26)7-5-17;1-2/h4-11,14-15,19H,12H2,1-3H3;1-2H3/t19?,23-;/m1./s1. The van der Waals surface area contributed by atoms with Crippen molar-refractivity contribution in [2.75, 3.05) is 11.9 Å². The smallest absolute Gasteiger partial charge is 0.210 e. The molecule has 0 N–H and O–H groups in total. The number of imidazole rings is 1. The fraction of sp³-hybridized carbons (Fsp3) is 0.320. The van der Waals surface area contributed by atoms with Crippen LogP contribution in [0, 0.1) is 18.3 Å². The number of anilines is 1. The lowest BCUT2D eigenvalue weighted by atomic mass is 9.93. The number of allylic oxidation sites excluding steroid dienone is 5. The number of aldehydes is 1. The Hall–Kier alpha value is -2.81. The highest BCUT2D eigenvalue weighted by atomic mass is 35.5. The van der Waals surface area contributed by atoms with Gasteiger partial charge in [-0.1, -0.05) is 43.7 Å². The Labute approximate surface area is 200 Å². The summed E-state index contributed by atoms with van der Waals surface area (Å²) in [6, 6.07) is 9.36. The third-order valence-electron chi connectivity index (χ3n) is 5.07. The number of alkyl halides is 1. The first-order chi connectivity index (χ1) is 15.3. The second-order valence-electron chi connectivity index (χ2n) is 7.48. The lowest BCUT2D eigenvalue weighted by Gasteiger charge is -2.32. The Morgan fingerprint density at radius 1 is 1.31 bits per heavy atom. The van der Waals surface area contributed by atoms with Crippen LogP contribution >= 0.6 is 23.2 Å². The lowest BCUT2D eigenvalue weighted by molar-refractivity contribution is -0.114. The summed E-state index contributed by atoms with van der Waals surface area (Å²) in [7, 11) is 1.87. The maximum Gasteiger partial charge on any atom is 0.210 e. The molecule has 1 aliphatic rings. The molecule has 3 rings (SSSR count). The van der Waals surface area contributed by atoms with Crippen LogP contribution in [0.3, 0.4) is 0 Å². The number of carbonyl (C=O) groups excluding carboxylic acids is 1. The first-order valence-electron chi connectivity index (χ1n) is 10.4. The molecule has 2 atom stereocenters. The number of aryl methyl sites for hydroxylation is 1. The molecule has 7 heteroatoms. The van der Waals surface area contributed by atoms with E-state index in [1.807, 2.05) is 68.5 Å². The lowest BCUT2D eigenvalue weighted by Crippen LogP contribution is -2.38. The molecule has 0 saturated heterocycles. The van der Waals surface area contributed by atoms with E-state index in [4.69, 9.17) is 28.5 Å². The Bertz CT molecular complexity index is 1080. The van der Waals surface area contributed by atoms with Crippen LogP contribution in [-0.2, 0) is 16.8 Å². The number of halogens is 2. The molecule has 0 spiro atoms. The summed E-state index contributed by atoms with van der Waals surface area (Å²) in [6.45, 7) is 7.79. The van der Waals surface area contributed by atoms with Crippen molar-refractivity contribution < 1.29 is 4.79 Å². The molecule has 0 saturated carbocycles. The SMILES string of the molecule is CC.Cc1cnc(N(C)C2=CC(Cl)C=CC(Cl)=C2)n1[C@@](C)(C=O)Cc1ccc(C#N)cc1. The van der Waals surface area contributed by atoms with Gasteiger partial charge in [0.2, 0.25) is 5.95 Å². The molecule has 5 nitrogen and oxygen atoms in total. The van der Waals surface area contributed by atoms with Crippen molar-refractivity contribution in [3.8, 4) is 6.07 Å². The number of nitriles is 1. The molecule has 0 amide bonds. The number of hydrogen-bond donors (Lipinski definition) is 0. The monoisotopic (exact) mass is 470 g/mol. The molecule has 0 bridgehead atoms. The van der Waals surface area contributed by atoms with Crippen LogP contribution in [0.4, 0.5) is 5.95 Å². The average molecular weight is 471 g/mol. The van der Waals surface area contributed by atoms with Gasteiger partial charge in [-0.25, -0.2) is 4.98 Å². The minimum absolute atomic E-state index is 0.310. The third-order valence-corrected chi connectivity index (χ3v) is 5.58. The molecule has 0 radical (unpaired) electrons. The van der Waals surface area contributed by atoms with Gasteiger partial charge in [0.15, 0.2) is 0 Å². The zero-order valence-electron chi connectivity index (χ0n) is 19.0. The van der Waals surface area contributed by atoms with Crippen LogP contribution in [0.15, 0.2) is 65.5 Å². The number of rotatable bonds is 6. The van der Waals surface area contributed by atoms with Crippen LogP contribution in [0.2, 0.25) is 0 Å². The van der Waals surface area contributed by atoms with Crippen molar-refractivity contribution in [3.05, 3.63) is 82.3 Å². The third kappa shape index (κ3) is 5.70. The molecular formula is C25H28Cl2N4O. The van der Waals surface area contributed by atoms with Gasteiger partial charge in [-0.3, -0.25) is 0 Å². The fourth-order valence-corrected chi connectivity index (χ4v) is 3.93. The summed E-state index contributed by atoms with van der Waals surface area (Å²) in [5, 5.41) is 9.26. The molecule has 0 aliphatic heterocycles. The zero-order valence-corrected chi connectivity index (χ0v) is 20.5. The molecule has 32 heavy (non-hydrogen) atoms. The summed E-state index contributed by atoms with van der Waals surface area (Å²) in [4.78, 5) is 18.8. The first kappa shape index (κ1) is 25.5. The summed E-state index contributed by atoms with van der Waals surface area (Å²) in [5.74, 6) is 0.605. The molecule has 168 valence electrons. The van der Waals surface area contributed by atoms with Crippen LogP contribution in [-0.4, -0.2) is 28.3 Å². The van der Waals surface area contributed by atoms with Crippen LogP contribution in [0.25, 0.3) is 0 Å². The molecule has 0 fully saturated rings. The maximum absolute atomic E-state index is 12.3. The largest absolute Gasteiger partial charge is 0.315 e. The molecule has 1 aromatic heterocycles. The normalized spacial score (nSPS) is 17.0. The highest BCUT2D eigenvalue weighted by Crippen LogP contribution is 2.31. The second-order valence-corrected chi connectivity index (χ2v) is 8.42. The Kier molecular flexibility index (Phi) is 8.89. The number of benzene rings is 1. The second kappa shape index (κ2) is 11.2. The van der Waals surface area contributed by atoms with Gasteiger partial charge in [-0.2, -0.15) is 5.26 Å². The summed E-state index contributed by atoms with van der Waals surface area (Å²) in [6.07, 6.45) is 10.4. The van der Waals surface area contributed by atoms with E-state index < -0.39 is 5.54 Å². The number of likely N-dealkylation sites (N-methyl/N-ethyl adjacent to an activating group) is 1. The quantitative estimate of drug-likeness (QED) is 0.391. The first-order valence-corrected chi connectivity index (χ1v) is 11.2.